The van der Waals surface area contributed by atoms with E-state index in [9.17, 15) is 10.2 Å². The minimum absolute atomic E-state index is 0.391. The SMILES string of the molecule is CO[C@@H]1C[C@@]2(O)C=C[C@@H](O)C2O1. The van der Waals surface area contributed by atoms with Crippen LogP contribution in [-0.4, -0.2) is 41.4 Å². The lowest BCUT2D eigenvalue weighted by Gasteiger charge is -2.20. The summed E-state index contributed by atoms with van der Waals surface area (Å²) in [5.74, 6) is 0. The highest BCUT2D eigenvalue weighted by atomic mass is 16.7. The average Bonchev–Trinajstić information content (AvgIpc) is 2.50. The molecule has 0 radical (unpaired) electrons. The van der Waals surface area contributed by atoms with Crippen molar-refractivity contribution >= 4 is 0 Å². The number of hydrogen-bond donors (Lipinski definition) is 2. The van der Waals surface area contributed by atoms with E-state index >= 15 is 0 Å². The second-order valence-corrected chi connectivity index (χ2v) is 3.27. The smallest absolute Gasteiger partial charge is 0.161 e. The molecule has 0 spiro atoms. The summed E-state index contributed by atoms with van der Waals surface area (Å²) in [6.45, 7) is 0. The van der Waals surface area contributed by atoms with Gasteiger partial charge in [0.15, 0.2) is 6.29 Å². The van der Waals surface area contributed by atoms with Gasteiger partial charge in [-0.05, 0) is 0 Å². The Hall–Kier alpha value is -0.420. The van der Waals surface area contributed by atoms with E-state index in [-0.39, 0.29) is 0 Å². The monoisotopic (exact) mass is 172 g/mol. The number of fused-ring (bicyclic) bond motifs is 1. The summed E-state index contributed by atoms with van der Waals surface area (Å²) < 4.78 is 10.2. The van der Waals surface area contributed by atoms with Gasteiger partial charge in [0.1, 0.15) is 17.8 Å². The van der Waals surface area contributed by atoms with Gasteiger partial charge in [-0.2, -0.15) is 0 Å². The van der Waals surface area contributed by atoms with E-state index in [0.717, 1.165) is 0 Å². The van der Waals surface area contributed by atoms with Crippen LogP contribution in [0.5, 0.6) is 0 Å². The Morgan fingerprint density at radius 2 is 2.42 bits per heavy atom. The Morgan fingerprint density at radius 3 is 3.00 bits per heavy atom. The lowest BCUT2D eigenvalue weighted by Crippen LogP contribution is -2.38. The molecule has 0 bridgehead atoms. The molecule has 4 heteroatoms. The minimum atomic E-state index is -1.03. The Labute approximate surface area is 70.4 Å². The summed E-state index contributed by atoms with van der Waals surface area (Å²) >= 11 is 0. The maximum Gasteiger partial charge on any atom is 0.161 e. The van der Waals surface area contributed by atoms with Crippen LogP contribution >= 0.6 is 0 Å². The van der Waals surface area contributed by atoms with E-state index in [1.807, 2.05) is 0 Å². The Bertz CT molecular complexity index is 215. The molecule has 1 unspecified atom stereocenters. The molecule has 68 valence electrons. The summed E-state index contributed by atoms with van der Waals surface area (Å²) in [5.41, 5.74) is -1.03. The number of aliphatic hydroxyl groups is 2. The highest BCUT2D eigenvalue weighted by molar-refractivity contribution is 5.21. The molecule has 0 aromatic heterocycles. The first-order valence-corrected chi connectivity index (χ1v) is 3.94. The van der Waals surface area contributed by atoms with Crippen LogP contribution in [0.1, 0.15) is 6.42 Å². The van der Waals surface area contributed by atoms with Crippen molar-refractivity contribution in [1.82, 2.24) is 0 Å². The van der Waals surface area contributed by atoms with Gasteiger partial charge in [-0.3, -0.25) is 0 Å². The van der Waals surface area contributed by atoms with Crippen molar-refractivity contribution in [1.29, 1.82) is 0 Å². The second-order valence-electron chi connectivity index (χ2n) is 3.27. The van der Waals surface area contributed by atoms with Gasteiger partial charge in [-0.15, -0.1) is 0 Å². The Morgan fingerprint density at radius 1 is 1.67 bits per heavy atom. The first-order chi connectivity index (χ1) is 5.65. The zero-order valence-electron chi connectivity index (χ0n) is 6.80. The zero-order chi connectivity index (χ0) is 8.77. The molecule has 0 aromatic rings. The van der Waals surface area contributed by atoms with E-state index in [2.05, 4.69) is 0 Å². The van der Waals surface area contributed by atoms with Crippen LogP contribution in [0, 0.1) is 0 Å². The molecule has 4 nitrogen and oxygen atoms in total. The van der Waals surface area contributed by atoms with Crippen molar-refractivity contribution in [2.45, 2.75) is 30.5 Å². The maximum absolute atomic E-state index is 9.85. The summed E-state index contributed by atoms with van der Waals surface area (Å²) in [5, 5.41) is 19.2. The van der Waals surface area contributed by atoms with Crippen LogP contribution in [0.4, 0.5) is 0 Å². The number of rotatable bonds is 1. The van der Waals surface area contributed by atoms with Crippen LogP contribution in [0.15, 0.2) is 12.2 Å². The lowest BCUT2D eigenvalue weighted by molar-refractivity contribution is -0.139. The molecular formula is C8H12O4. The third-order valence-electron chi connectivity index (χ3n) is 2.44. The van der Waals surface area contributed by atoms with E-state index in [1.54, 1.807) is 12.2 Å². The molecule has 1 fully saturated rings. The van der Waals surface area contributed by atoms with Crippen molar-refractivity contribution < 1.29 is 19.7 Å². The number of hydrogen-bond acceptors (Lipinski definition) is 4. The maximum atomic E-state index is 9.85. The Kier molecular flexibility index (Phi) is 1.73. The zero-order valence-corrected chi connectivity index (χ0v) is 6.80. The van der Waals surface area contributed by atoms with Crippen molar-refractivity contribution in [3.8, 4) is 0 Å². The van der Waals surface area contributed by atoms with Gasteiger partial charge < -0.3 is 19.7 Å². The first-order valence-electron chi connectivity index (χ1n) is 3.94. The molecule has 12 heavy (non-hydrogen) atoms. The molecule has 2 N–H and O–H groups in total. The number of ether oxygens (including phenoxy) is 2. The quantitative estimate of drug-likeness (QED) is 0.519. The van der Waals surface area contributed by atoms with Crippen LogP contribution in [-0.2, 0) is 9.47 Å². The van der Waals surface area contributed by atoms with Crippen LogP contribution in [0.3, 0.4) is 0 Å². The molecule has 4 atom stereocenters. The van der Waals surface area contributed by atoms with Crippen molar-refractivity contribution in [3.05, 3.63) is 12.2 Å². The van der Waals surface area contributed by atoms with E-state index < -0.39 is 24.1 Å². The summed E-state index contributed by atoms with van der Waals surface area (Å²) in [7, 11) is 1.52. The van der Waals surface area contributed by atoms with Gasteiger partial charge in [-0.25, -0.2) is 0 Å². The molecular weight excluding hydrogens is 160 g/mol. The van der Waals surface area contributed by atoms with Crippen molar-refractivity contribution in [3.63, 3.8) is 0 Å². The van der Waals surface area contributed by atoms with Crippen molar-refractivity contribution in [2.24, 2.45) is 0 Å². The predicted molar refractivity (Wildman–Crippen MR) is 40.4 cm³/mol. The van der Waals surface area contributed by atoms with Gasteiger partial charge in [-0.1, -0.05) is 12.2 Å². The van der Waals surface area contributed by atoms with Gasteiger partial charge >= 0.3 is 0 Å². The van der Waals surface area contributed by atoms with Crippen LogP contribution in [0.25, 0.3) is 0 Å². The van der Waals surface area contributed by atoms with Gasteiger partial charge in [0.05, 0.1) is 0 Å². The molecule has 1 saturated heterocycles. The molecule has 1 heterocycles. The average molecular weight is 172 g/mol. The van der Waals surface area contributed by atoms with Gasteiger partial charge in [0.2, 0.25) is 0 Å². The van der Waals surface area contributed by atoms with E-state index in [0.29, 0.717) is 6.42 Å². The van der Waals surface area contributed by atoms with Crippen LogP contribution < -0.4 is 0 Å². The number of methoxy groups -OCH3 is 1. The normalized spacial score (nSPS) is 51.4. The van der Waals surface area contributed by atoms with Crippen LogP contribution in [0.2, 0.25) is 0 Å². The molecule has 0 aromatic carbocycles. The minimum Gasteiger partial charge on any atom is -0.386 e. The lowest BCUT2D eigenvalue weighted by atomic mass is 9.99. The second kappa shape index (κ2) is 2.53. The van der Waals surface area contributed by atoms with Gasteiger partial charge in [0, 0.05) is 13.5 Å². The standard InChI is InChI=1S/C8H12O4/c1-11-6-4-8(10)3-2-5(9)7(8)12-6/h2-3,5-7,9-10H,4H2,1H3/t5-,6+,7?,8+/m1/s1. The summed E-state index contributed by atoms with van der Waals surface area (Å²) in [6.07, 6.45) is 1.86. The molecule has 1 aliphatic carbocycles. The highest BCUT2D eigenvalue weighted by Gasteiger charge is 2.51. The topological polar surface area (TPSA) is 58.9 Å². The predicted octanol–water partition coefficient (Wildman–Crippen LogP) is -0.590. The number of aliphatic hydroxyl groups excluding tert-OH is 1. The molecule has 0 saturated carbocycles. The van der Waals surface area contributed by atoms with Gasteiger partial charge in [0.25, 0.3) is 0 Å². The van der Waals surface area contributed by atoms with E-state index in [1.165, 1.54) is 7.11 Å². The van der Waals surface area contributed by atoms with Crippen molar-refractivity contribution in [2.75, 3.05) is 7.11 Å². The largest absolute Gasteiger partial charge is 0.386 e. The van der Waals surface area contributed by atoms with E-state index in [4.69, 9.17) is 9.47 Å². The third kappa shape index (κ3) is 0.998. The molecule has 0 amide bonds. The highest BCUT2D eigenvalue weighted by Crippen LogP contribution is 2.38. The first kappa shape index (κ1) is 8.19. The third-order valence-corrected chi connectivity index (χ3v) is 2.44. The molecule has 2 aliphatic rings. The summed E-state index contributed by atoms with van der Waals surface area (Å²) in [6, 6.07) is 0. The fourth-order valence-electron chi connectivity index (χ4n) is 1.76. The molecule has 1 aliphatic heterocycles. The fourth-order valence-corrected chi connectivity index (χ4v) is 1.76. The Balaban J connectivity index is 2.16. The molecule has 2 rings (SSSR count). The fraction of sp³-hybridized carbons (Fsp3) is 0.750. The summed E-state index contributed by atoms with van der Waals surface area (Å²) in [4.78, 5) is 0.